The fraction of sp³-hybridized carbons (Fsp3) is 0.235. The summed E-state index contributed by atoms with van der Waals surface area (Å²) in [5, 5.41) is 3.00. The highest BCUT2D eigenvalue weighted by Crippen LogP contribution is 2.18. The molecule has 1 N–H and O–H groups in total. The molecule has 0 heterocycles. The van der Waals surface area contributed by atoms with Crippen LogP contribution >= 0.6 is 0 Å². The van der Waals surface area contributed by atoms with E-state index in [1.807, 2.05) is 12.1 Å². The molecule has 2 aromatic rings. The van der Waals surface area contributed by atoms with Crippen molar-refractivity contribution in [3.8, 4) is 0 Å². The molecule has 0 aliphatic rings. The number of methoxy groups -OCH3 is 1. The quantitative estimate of drug-likeness (QED) is 0.850. The van der Waals surface area contributed by atoms with E-state index in [2.05, 4.69) is 29.1 Å². The lowest BCUT2D eigenvalue weighted by Gasteiger charge is -2.09. The number of hydrogen-bond donors (Lipinski definition) is 1. The Labute approximate surface area is 123 Å². The summed E-state index contributed by atoms with van der Waals surface area (Å²) in [6, 6.07) is 12.2. The molecule has 0 spiro atoms. The van der Waals surface area contributed by atoms with Crippen molar-refractivity contribution in [2.24, 2.45) is 0 Å². The predicted octanol–water partition coefficient (Wildman–Crippen LogP) is 3.79. The number of hydrogen-bond acceptors (Lipinski definition) is 3. The highest BCUT2D eigenvalue weighted by molar-refractivity contribution is 5.90. The van der Waals surface area contributed by atoms with Crippen molar-refractivity contribution in [1.82, 2.24) is 0 Å². The molecule has 2 aromatic carbocycles. The average Bonchev–Trinajstić information content (AvgIpc) is 2.53. The van der Waals surface area contributed by atoms with Gasteiger partial charge in [0.25, 0.3) is 0 Å². The van der Waals surface area contributed by atoms with E-state index < -0.39 is 11.8 Å². The van der Waals surface area contributed by atoms with E-state index in [0.29, 0.717) is 12.1 Å². The second-order valence-electron chi connectivity index (χ2n) is 4.71. The monoisotopic (exact) mass is 287 g/mol. The van der Waals surface area contributed by atoms with Gasteiger partial charge in [-0.05, 0) is 35.7 Å². The molecule has 0 bridgehead atoms. The topological polar surface area (TPSA) is 38.3 Å². The van der Waals surface area contributed by atoms with Crippen LogP contribution in [0, 0.1) is 5.82 Å². The molecule has 0 amide bonds. The summed E-state index contributed by atoms with van der Waals surface area (Å²) in [4.78, 5) is 11.4. The zero-order chi connectivity index (χ0) is 15.2. The number of rotatable bonds is 5. The van der Waals surface area contributed by atoms with Gasteiger partial charge in [-0.2, -0.15) is 0 Å². The number of anilines is 1. The second-order valence-corrected chi connectivity index (χ2v) is 4.71. The highest BCUT2D eigenvalue weighted by Gasteiger charge is 2.09. The molecule has 2 rings (SSSR count). The van der Waals surface area contributed by atoms with Crippen molar-refractivity contribution in [1.29, 1.82) is 0 Å². The Kier molecular flexibility index (Phi) is 4.93. The third-order valence-electron chi connectivity index (χ3n) is 3.30. The zero-order valence-corrected chi connectivity index (χ0v) is 12.2. The maximum Gasteiger partial charge on any atom is 0.337 e. The first-order valence-electron chi connectivity index (χ1n) is 6.83. The first-order valence-corrected chi connectivity index (χ1v) is 6.83. The van der Waals surface area contributed by atoms with Crippen LogP contribution in [0.2, 0.25) is 0 Å². The van der Waals surface area contributed by atoms with E-state index in [4.69, 9.17) is 0 Å². The Morgan fingerprint density at radius 2 is 1.81 bits per heavy atom. The number of carbonyl (C=O) groups excluding carboxylic acids is 1. The molecule has 0 saturated heterocycles. The summed E-state index contributed by atoms with van der Waals surface area (Å²) in [6.07, 6.45) is 0.990. The number of carbonyl (C=O) groups is 1. The van der Waals surface area contributed by atoms with Crippen molar-refractivity contribution in [2.75, 3.05) is 12.4 Å². The van der Waals surface area contributed by atoms with Crippen LogP contribution < -0.4 is 5.32 Å². The largest absolute Gasteiger partial charge is 0.465 e. The number of benzene rings is 2. The van der Waals surface area contributed by atoms with Crippen molar-refractivity contribution < 1.29 is 13.9 Å². The molecule has 0 aliphatic heterocycles. The summed E-state index contributed by atoms with van der Waals surface area (Å²) in [5.74, 6) is -0.877. The van der Waals surface area contributed by atoms with Gasteiger partial charge in [0.05, 0.1) is 18.4 Å². The molecule has 0 fully saturated rings. The Hall–Kier alpha value is -2.36. The van der Waals surface area contributed by atoms with Gasteiger partial charge >= 0.3 is 5.97 Å². The fourth-order valence-electron chi connectivity index (χ4n) is 2.00. The van der Waals surface area contributed by atoms with E-state index in [1.54, 1.807) is 0 Å². The molecule has 4 heteroatoms. The van der Waals surface area contributed by atoms with E-state index in [-0.39, 0.29) is 5.69 Å². The summed E-state index contributed by atoms with van der Waals surface area (Å²) in [6.45, 7) is 2.59. The molecule has 0 aliphatic carbocycles. The van der Waals surface area contributed by atoms with Crippen LogP contribution in [0.5, 0.6) is 0 Å². The molecule has 0 unspecified atom stereocenters. The van der Waals surface area contributed by atoms with Gasteiger partial charge in [-0.3, -0.25) is 0 Å². The molecule has 0 saturated carbocycles. The van der Waals surface area contributed by atoms with Gasteiger partial charge in [-0.15, -0.1) is 0 Å². The van der Waals surface area contributed by atoms with Gasteiger partial charge < -0.3 is 10.1 Å². The van der Waals surface area contributed by atoms with Crippen molar-refractivity contribution in [3.05, 3.63) is 65.0 Å². The number of aryl methyl sites for hydroxylation is 1. The minimum absolute atomic E-state index is 0.289. The van der Waals surface area contributed by atoms with Gasteiger partial charge in [0.1, 0.15) is 5.82 Å². The number of ether oxygens (including phenoxy) is 1. The SMILES string of the molecule is CCc1ccc(CNc2cc(C(=O)OC)ccc2F)cc1. The molecule has 3 nitrogen and oxygen atoms in total. The van der Waals surface area contributed by atoms with Gasteiger partial charge in [0.15, 0.2) is 0 Å². The Bertz CT molecular complexity index is 623. The van der Waals surface area contributed by atoms with E-state index in [1.165, 1.54) is 30.9 Å². The Balaban J connectivity index is 2.09. The standard InChI is InChI=1S/C17H18FNO2/c1-3-12-4-6-13(7-5-12)11-19-16-10-14(17(20)21-2)8-9-15(16)18/h4-10,19H,3,11H2,1-2H3. The normalized spacial score (nSPS) is 10.2. The molecule has 21 heavy (non-hydrogen) atoms. The van der Waals surface area contributed by atoms with Gasteiger partial charge in [-0.25, -0.2) is 9.18 Å². The van der Waals surface area contributed by atoms with Crippen molar-refractivity contribution in [2.45, 2.75) is 19.9 Å². The predicted molar refractivity (Wildman–Crippen MR) is 80.9 cm³/mol. The van der Waals surface area contributed by atoms with E-state index in [0.717, 1.165) is 12.0 Å². The summed E-state index contributed by atoms with van der Waals surface area (Å²) in [5.41, 5.74) is 2.92. The Morgan fingerprint density at radius 1 is 1.14 bits per heavy atom. The Morgan fingerprint density at radius 3 is 2.43 bits per heavy atom. The van der Waals surface area contributed by atoms with Crippen molar-refractivity contribution >= 4 is 11.7 Å². The van der Waals surface area contributed by atoms with Crippen LogP contribution in [0.1, 0.15) is 28.4 Å². The van der Waals surface area contributed by atoms with Crippen LogP contribution in [0.3, 0.4) is 0 Å². The van der Waals surface area contributed by atoms with Gasteiger partial charge in [-0.1, -0.05) is 31.2 Å². The molecular weight excluding hydrogens is 269 g/mol. The average molecular weight is 287 g/mol. The molecule has 110 valence electrons. The van der Waals surface area contributed by atoms with Crippen LogP contribution in [0.15, 0.2) is 42.5 Å². The summed E-state index contributed by atoms with van der Waals surface area (Å²) < 4.78 is 18.4. The van der Waals surface area contributed by atoms with Crippen LogP contribution in [-0.4, -0.2) is 13.1 Å². The van der Waals surface area contributed by atoms with Crippen molar-refractivity contribution in [3.63, 3.8) is 0 Å². The van der Waals surface area contributed by atoms with E-state index >= 15 is 0 Å². The molecule has 0 aromatic heterocycles. The maximum atomic E-state index is 13.7. The third kappa shape index (κ3) is 3.81. The maximum absolute atomic E-state index is 13.7. The van der Waals surface area contributed by atoms with Crippen LogP contribution in [0.25, 0.3) is 0 Å². The van der Waals surface area contributed by atoms with Gasteiger partial charge in [0.2, 0.25) is 0 Å². The number of nitrogens with one attached hydrogen (secondary N) is 1. The lowest BCUT2D eigenvalue weighted by molar-refractivity contribution is 0.0600. The number of halogens is 1. The minimum Gasteiger partial charge on any atom is -0.465 e. The summed E-state index contributed by atoms with van der Waals surface area (Å²) >= 11 is 0. The lowest BCUT2D eigenvalue weighted by Crippen LogP contribution is -2.05. The van der Waals surface area contributed by atoms with Gasteiger partial charge in [0, 0.05) is 6.54 Å². The smallest absolute Gasteiger partial charge is 0.337 e. The second kappa shape index (κ2) is 6.88. The molecule has 0 radical (unpaired) electrons. The number of esters is 1. The highest BCUT2D eigenvalue weighted by atomic mass is 19.1. The molecule has 0 atom stereocenters. The minimum atomic E-state index is -0.481. The summed E-state index contributed by atoms with van der Waals surface area (Å²) in [7, 11) is 1.30. The lowest BCUT2D eigenvalue weighted by atomic mass is 10.1. The first-order chi connectivity index (χ1) is 10.1. The third-order valence-corrected chi connectivity index (χ3v) is 3.30. The van der Waals surface area contributed by atoms with E-state index in [9.17, 15) is 9.18 Å². The molecular formula is C17H18FNO2. The zero-order valence-electron chi connectivity index (χ0n) is 12.2. The first kappa shape index (κ1) is 15.0. The fourth-order valence-corrected chi connectivity index (χ4v) is 2.00. The van der Waals surface area contributed by atoms with Crippen LogP contribution in [-0.2, 0) is 17.7 Å². The van der Waals surface area contributed by atoms with Crippen LogP contribution in [0.4, 0.5) is 10.1 Å².